The van der Waals surface area contributed by atoms with Crippen LogP contribution >= 0.6 is 23.2 Å². The van der Waals surface area contributed by atoms with Crippen LogP contribution in [0.25, 0.3) is 0 Å². The summed E-state index contributed by atoms with van der Waals surface area (Å²) in [7, 11) is 0. The van der Waals surface area contributed by atoms with Crippen molar-refractivity contribution in [1.29, 1.82) is 0 Å². The SMILES string of the molecule is CC[C@H](C(=O)NC(C)(C)C)N(Cc1ccc(Cl)cc1Cl)C(=O)COc1ccc(C)c(C)c1. The average molecular weight is 479 g/mol. The van der Waals surface area contributed by atoms with E-state index in [4.69, 9.17) is 27.9 Å². The first-order valence-corrected chi connectivity index (χ1v) is 11.4. The summed E-state index contributed by atoms with van der Waals surface area (Å²) in [5, 5.41) is 3.92. The Bertz CT molecular complexity index is 970. The lowest BCUT2D eigenvalue weighted by Gasteiger charge is -2.33. The van der Waals surface area contributed by atoms with Crippen molar-refractivity contribution in [1.82, 2.24) is 10.2 Å². The molecule has 32 heavy (non-hydrogen) atoms. The molecule has 0 aliphatic heterocycles. The molecule has 0 spiro atoms. The monoisotopic (exact) mass is 478 g/mol. The van der Waals surface area contributed by atoms with E-state index in [1.807, 2.05) is 59.7 Å². The van der Waals surface area contributed by atoms with Crippen molar-refractivity contribution >= 4 is 35.0 Å². The molecule has 5 nitrogen and oxygen atoms in total. The number of hydrogen-bond acceptors (Lipinski definition) is 3. The Morgan fingerprint density at radius 2 is 1.75 bits per heavy atom. The fraction of sp³-hybridized carbons (Fsp3) is 0.440. The Morgan fingerprint density at radius 1 is 1.06 bits per heavy atom. The Morgan fingerprint density at radius 3 is 2.31 bits per heavy atom. The van der Waals surface area contributed by atoms with Gasteiger partial charge in [-0.3, -0.25) is 9.59 Å². The molecule has 174 valence electrons. The van der Waals surface area contributed by atoms with Crippen LogP contribution in [0.3, 0.4) is 0 Å². The van der Waals surface area contributed by atoms with E-state index in [2.05, 4.69) is 5.32 Å². The summed E-state index contributed by atoms with van der Waals surface area (Å²) in [4.78, 5) is 27.8. The van der Waals surface area contributed by atoms with Crippen LogP contribution in [0.2, 0.25) is 10.0 Å². The highest BCUT2D eigenvalue weighted by Crippen LogP contribution is 2.24. The molecule has 0 fully saturated rings. The van der Waals surface area contributed by atoms with E-state index in [0.717, 1.165) is 11.1 Å². The van der Waals surface area contributed by atoms with E-state index in [1.54, 1.807) is 18.2 Å². The van der Waals surface area contributed by atoms with Gasteiger partial charge >= 0.3 is 0 Å². The van der Waals surface area contributed by atoms with Crippen LogP contribution in [0.5, 0.6) is 5.75 Å². The van der Waals surface area contributed by atoms with E-state index < -0.39 is 11.6 Å². The molecule has 0 saturated carbocycles. The highest BCUT2D eigenvalue weighted by Gasteiger charge is 2.31. The van der Waals surface area contributed by atoms with E-state index >= 15 is 0 Å². The summed E-state index contributed by atoms with van der Waals surface area (Å²) in [6.45, 7) is 11.6. The normalized spacial score (nSPS) is 12.2. The zero-order valence-electron chi connectivity index (χ0n) is 19.6. The molecule has 0 aliphatic rings. The molecule has 0 aliphatic carbocycles. The maximum absolute atomic E-state index is 13.3. The number of nitrogens with one attached hydrogen (secondary N) is 1. The second kappa shape index (κ2) is 11.1. The van der Waals surface area contributed by atoms with E-state index in [9.17, 15) is 9.59 Å². The van der Waals surface area contributed by atoms with Crippen LogP contribution in [0.1, 0.15) is 50.8 Å². The molecule has 0 unspecified atom stereocenters. The first-order chi connectivity index (χ1) is 14.9. The summed E-state index contributed by atoms with van der Waals surface area (Å²) in [6, 6.07) is 10.1. The van der Waals surface area contributed by atoms with Crippen LogP contribution in [0, 0.1) is 13.8 Å². The van der Waals surface area contributed by atoms with Crippen LogP contribution in [-0.2, 0) is 16.1 Å². The topological polar surface area (TPSA) is 58.6 Å². The van der Waals surface area contributed by atoms with Crippen molar-refractivity contribution in [2.45, 2.75) is 66.1 Å². The standard InChI is InChI=1S/C25H32Cl2N2O3/c1-7-22(24(31)28-25(4,5)6)29(14-18-9-10-19(26)13-21(18)27)23(30)15-32-20-11-8-16(2)17(3)12-20/h8-13,22H,7,14-15H2,1-6H3,(H,28,31)/t22-/m1/s1. The molecule has 0 saturated heterocycles. The quantitative estimate of drug-likeness (QED) is 0.528. The maximum atomic E-state index is 13.3. The number of carbonyl (C=O) groups excluding carboxylic acids is 2. The third-order valence-electron chi connectivity index (χ3n) is 5.08. The zero-order valence-corrected chi connectivity index (χ0v) is 21.1. The maximum Gasteiger partial charge on any atom is 0.261 e. The molecular formula is C25H32Cl2N2O3. The van der Waals surface area contributed by atoms with Gasteiger partial charge in [-0.25, -0.2) is 0 Å². The second-order valence-electron chi connectivity index (χ2n) is 8.96. The molecule has 2 amide bonds. The third kappa shape index (κ3) is 7.42. The smallest absolute Gasteiger partial charge is 0.261 e. The van der Waals surface area contributed by atoms with Gasteiger partial charge in [-0.15, -0.1) is 0 Å². The molecule has 2 aromatic rings. The van der Waals surface area contributed by atoms with E-state index in [-0.39, 0.29) is 25.0 Å². The molecule has 0 bridgehead atoms. The molecule has 1 N–H and O–H groups in total. The minimum Gasteiger partial charge on any atom is -0.484 e. The zero-order chi connectivity index (χ0) is 24.1. The summed E-state index contributed by atoms with van der Waals surface area (Å²) in [5.41, 5.74) is 2.51. The van der Waals surface area contributed by atoms with Gasteiger partial charge in [-0.2, -0.15) is 0 Å². The van der Waals surface area contributed by atoms with Gasteiger partial charge in [0.05, 0.1) is 0 Å². The highest BCUT2D eigenvalue weighted by atomic mass is 35.5. The largest absolute Gasteiger partial charge is 0.484 e. The number of halogens is 2. The van der Waals surface area contributed by atoms with Gasteiger partial charge < -0.3 is 15.0 Å². The summed E-state index contributed by atoms with van der Waals surface area (Å²) in [5.74, 6) is 0.0906. The first kappa shape index (κ1) is 26.0. The first-order valence-electron chi connectivity index (χ1n) is 10.7. The van der Waals surface area contributed by atoms with Crippen LogP contribution in [0.15, 0.2) is 36.4 Å². The number of rotatable bonds is 8. The van der Waals surface area contributed by atoms with Crippen molar-refractivity contribution in [2.24, 2.45) is 0 Å². The lowest BCUT2D eigenvalue weighted by molar-refractivity contribution is -0.143. The fourth-order valence-corrected chi connectivity index (χ4v) is 3.71. The predicted octanol–water partition coefficient (Wildman–Crippen LogP) is 5.71. The molecule has 2 aromatic carbocycles. The van der Waals surface area contributed by atoms with Crippen LogP contribution in [-0.4, -0.2) is 34.9 Å². The van der Waals surface area contributed by atoms with Gasteiger partial charge in [0.25, 0.3) is 5.91 Å². The van der Waals surface area contributed by atoms with Gasteiger partial charge in [-0.05, 0) is 82.0 Å². The Balaban J connectivity index is 2.29. The molecule has 7 heteroatoms. The number of nitrogens with zero attached hydrogens (tertiary/aromatic N) is 1. The van der Waals surface area contributed by atoms with Gasteiger partial charge in [0.15, 0.2) is 6.61 Å². The minimum atomic E-state index is -0.670. The van der Waals surface area contributed by atoms with Crippen molar-refractivity contribution in [3.8, 4) is 5.75 Å². The molecular weight excluding hydrogens is 447 g/mol. The second-order valence-corrected chi connectivity index (χ2v) is 9.80. The Kier molecular flexibility index (Phi) is 8.99. The highest BCUT2D eigenvalue weighted by molar-refractivity contribution is 6.35. The van der Waals surface area contributed by atoms with Gasteiger partial charge in [-0.1, -0.05) is 42.3 Å². The minimum absolute atomic E-state index is 0.168. The number of carbonyl (C=O) groups is 2. The molecule has 0 heterocycles. The number of hydrogen-bond donors (Lipinski definition) is 1. The lowest BCUT2D eigenvalue weighted by Crippen LogP contribution is -2.54. The summed E-state index contributed by atoms with van der Waals surface area (Å²) in [6.07, 6.45) is 0.447. The number of amides is 2. The molecule has 0 aromatic heterocycles. The Hall–Kier alpha value is -2.24. The summed E-state index contributed by atoms with van der Waals surface area (Å²) >= 11 is 12.4. The summed E-state index contributed by atoms with van der Waals surface area (Å²) < 4.78 is 5.77. The van der Waals surface area contributed by atoms with E-state index in [1.165, 1.54) is 4.90 Å². The molecule has 2 rings (SSSR count). The predicted molar refractivity (Wildman–Crippen MR) is 130 cm³/mol. The number of aryl methyl sites for hydroxylation is 2. The molecule has 0 radical (unpaired) electrons. The molecule has 1 atom stereocenters. The lowest BCUT2D eigenvalue weighted by atomic mass is 10.1. The van der Waals surface area contributed by atoms with Crippen LogP contribution in [0.4, 0.5) is 0 Å². The van der Waals surface area contributed by atoms with Gasteiger partial charge in [0.2, 0.25) is 5.91 Å². The Labute approximate surface area is 201 Å². The average Bonchev–Trinajstić information content (AvgIpc) is 2.68. The van der Waals surface area contributed by atoms with Gasteiger partial charge in [0.1, 0.15) is 11.8 Å². The van der Waals surface area contributed by atoms with E-state index in [0.29, 0.717) is 27.8 Å². The van der Waals surface area contributed by atoms with Crippen molar-refractivity contribution in [2.75, 3.05) is 6.61 Å². The van der Waals surface area contributed by atoms with Crippen molar-refractivity contribution in [3.05, 3.63) is 63.1 Å². The van der Waals surface area contributed by atoms with Crippen LogP contribution < -0.4 is 10.1 Å². The fourth-order valence-electron chi connectivity index (χ4n) is 3.24. The van der Waals surface area contributed by atoms with Gasteiger partial charge in [0, 0.05) is 22.1 Å². The van der Waals surface area contributed by atoms with Crippen molar-refractivity contribution < 1.29 is 14.3 Å². The number of ether oxygens (including phenoxy) is 1. The third-order valence-corrected chi connectivity index (χ3v) is 5.67. The number of benzene rings is 2. The van der Waals surface area contributed by atoms with Crippen molar-refractivity contribution in [3.63, 3.8) is 0 Å².